The van der Waals surface area contributed by atoms with Crippen LogP contribution in [0.1, 0.15) is 0 Å². The fourth-order valence-electron chi connectivity index (χ4n) is 6.70. The number of hydrogen-bond donors (Lipinski definition) is 0. The highest BCUT2D eigenvalue weighted by Crippen LogP contribution is 2.42. The van der Waals surface area contributed by atoms with Crippen molar-refractivity contribution in [3.05, 3.63) is 134 Å². The van der Waals surface area contributed by atoms with E-state index in [2.05, 4.69) is 119 Å². The van der Waals surface area contributed by atoms with Gasteiger partial charge in [-0.25, -0.2) is 9.97 Å². The van der Waals surface area contributed by atoms with Crippen LogP contribution in [-0.2, 0) is 0 Å². The van der Waals surface area contributed by atoms with Crippen molar-refractivity contribution in [2.24, 2.45) is 0 Å². The highest BCUT2D eigenvalue weighted by molar-refractivity contribution is 7.23. The lowest BCUT2D eigenvalue weighted by atomic mass is 9.98. The molecule has 0 aliphatic carbocycles. The third-order valence-electron chi connectivity index (χ3n) is 8.71. The summed E-state index contributed by atoms with van der Waals surface area (Å²) in [6.07, 6.45) is 3.68. The molecule has 0 aliphatic rings. The molecule has 0 atom stereocenters. The molecule has 10 rings (SSSR count). The van der Waals surface area contributed by atoms with E-state index < -0.39 is 0 Å². The van der Waals surface area contributed by atoms with E-state index in [1.807, 2.05) is 18.3 Å². The second kappa shape index (κ2) is 9.32. The van der Waals surface area contributed by atoms with Crippen molar-refractivity contribution in [2.45, 2.75) is 0 Å². The second-order valence-corrected chi connectivity index (χ2v) is 12.3. The molecule has 0 radical (unpaired) electrons. The molecule has 45 heavy (non-hydrogen) atoms. The first kappa shape index (κ1) is 24.6. The van der Waals surface area contributed by atoms with E-state index in [-0.39, 0.29) is 0 Å². The van der Waals surface area contributed by atoms with Gasteiger partial charge in [-0.1, -0.05) is 102 Å². The van der Waals surface area contributed by atoms with Gasteiger partial charge in [-0.2, -0.15) is 0 Å². The Kier molecular flexibility index (Phi) is 5.09. The van der Waals surface area contributed by atoms with Crippen LogP contribution in [0.5, 0.6) is 0 Å². The summed E-state index contributed by atoms with van der Waals surface area (Å²) in [4.78, 5) is 15.8. The van der Waals surface area contributed by atoms with Crippen molar-refractivity contribution in [1.82, 2.24) is 19.4 Å². The molecule has 0 unspecified atom stereocenters. The van der Waals surface area contributed by atoms with Crippen LogP contribution in [0.3, 0.4) is 0 Å². The van der Waals surface area contributed by atoms with Crippen molar-refractivity contribution < 1.29 is 4.42 Å². The first-order valence-electron chi connectivity index (χ1n) is 14.9. The van der Waals surface area contributed by atoms with Gasteiger partial charge >= 0.3 is 0 Å². The van der Waals surface area contributed by atoms with E-state index in [9.17, 15) is 0 Å². The Morgan fingerprint density at radius 3 is 2.16 bits per heavy atom. The van der Waals surface area contributed by atoms with E-state index in [0.717, 1.165) is 87.9 Å². The number of thiazole rings is 1. The normalized spacial score (nSPS) is 12.0. The summed E-state index contributed by atoms with van der Waals surface area (Å²) in [5.74, 6) is 0. The highest BCUT2D eigenvalue weighted by atomic mass is 32.1. The molecule has 0 spiro atoms. The average Bonchev–Trinajstić information content (AvgIpc) is 3.78. The van der Waals surface area contributed by atoms with Gasteiger partial charge in [0.25, 0.3) is 0 Å². The molecule has 0 saturated carbocycles. The Morgan fingerprint density at radius 2 is 1.31 bits per heavy atom. The largest absolute Gasteiger partial charge is 0.455 e. The summed E-state index contributed by atoms with van der Waals surface area (Å²) in [5.41, 5.74) is 11.9. The summed E-state index contributed by atoms with van der Waals surface area (Å²) in [6, 6.07) is 42.1. The molecule has 5 aromatic carbocycles. The van der Waals surface area contributed by atoms with Crippen LogP contribution in [0.15, 0.2) is 138 Å². The number of benzene rings is 5. The van der Waals surface area contributed by atoms with Crippen molar-refractivity contribution in [2.75, 3.05) is 0 Å². The lowest BCUT2D eigenvalue weighted by Gasteiger charge is -2.10. The molecule has 0 amide bonds. The minimum Gasteiger partial charge on any atom is -0.455 e. The summed E-state index contributed by atoms with van der Waals surface area (Å²) >= 11 is 1.71. The number of rotatable bonds is 3. The van der Waals surface area contributed by atoms with E-state index in [1.54, 1.807) is 17.5 Å². The van der Waals surface area contributed by atoms with E-state index >= 15 is 0 Å². The summed E-state index contributed by atoms with van der Waals surface area (Å²) in [7, 11) is 0. The lowest BCUT2D eigenvalue weighted by molar-refractivity contribution is 0.671. The van der Waals surface area contributed by atoms with Gasteiger partial charge in [0.05, 0.1) is 21.4 Å². The number of aromatic nitrogens is 4. The van der Waals surface area contributed by atoms with E-state index in [1.165, 1.54) is 4.70 Å². The van der Waals surface area contributed by atoms with E-state index in [0.29, 0.717) is 0 Å². The highest BCUT2D eigenvalue weighted by Gasteiger charge is 2.21. The SMILES string of the molecule is c1cncc(-c2cccc3c2oc2c(-c4cccc(-c5nc6ccccc6c6nc7sc8ccccc8n7c56)c4)cccc23)c1. The van der Waals surface area contributed by atoms with Gasteiger partial charge in [-0.15, -0.1) is 0 Å². The number of pyridine rings is 2. The van der Waals surface area contributed by atoms with Crippen molar-refractivity contribution in [1.29, 1.82) is 0 Å². The number of furan rings is 1. The summed E-state index contributed by atoms with van der Waals surface area (Å²) in [6.45, 7) is 0. The Hall–Kier alpha value is -5.85. The maximum atomic E-state index is 6.72. The second-order valence-electron chi connectivity index (χ2n) is 11.3. The van der Waals surface area contributed by atoms with Gasteiger partial charge < -0.3 is 4.42 Å². The molecule has 0 fully saturated rings. The number of imidazole rings is 1. The molecule has 0 bridgehead atoms. The predicted molar refractivity (Wildman–Crippen MR) is 185 cm³/mol. The zero-order chi connectivity index (χ0) is 29.5. The van der Waals surface area contributed by atoms with Gasteiger partial charge in [0.2, 0.25) is 0 Å². The molecular formula is C39H22N4OS. The number of nitrogens with zero attached hydrogens (tertiary/aromatic N) is 4. The molecule has 10 aromatic rings. The topological polar surface area (TPSA) is 56.2 Å². The number of para-hydroxylation sites is 4. The maximum Gasteiger partial charge on any atom is 0.195 e. The van der Waals surface area contributed by atoms with Crippen molar-refractivity contribution in [3.8, 4) is 33.5 Å². The number of hydrogen-bond acceptors (Lipinski definition) is 5. The van der Waals surface area contributed by atoms with Gasteiger partial charge in [0, 0.05) is 50.8 Å². The first-order valence-corrected chi connectivity index (χ1v) is 15.7. The van der Waals surface area contributed by atoms with Crippen LogP contribution >= 0.6 is 11.3 Å². The Balaban J connectivity index is 1.23. The van der Waals surface area contributed by atoms with Crippen LogP contribution in [-0.4, -0.2) is 19.4 Å². The van der Waals surface area contributed by atoms with Crippen LogP contribution in [0.25, 0.3) is 92.6 Å². The third kappa shape index (κ3) is 3.57. The van der Waals surface area contributed by atoms with Crippen molar-refractivity contribution >= 4 is 70.4 Å². The third-order valence-corrected chi connectivity index (χ3v) is 9.74. The predicted octanol–water partition coefficient (Wildman–Crippen LogP) is 10.5. The zero-order valence-electron chi connectivity index (χ0n) is 23.8. The van der Waals surface area contributed by atoms with Gasteiger partial charge in [-0.3, -0.25) is 9.38 Å². The molecule has 6 heteroatoms. The van der Waals surface area contributed by atoms with Crippen LogP contribution in [0.2, 0.25) is 0 Å². The lowest BCUT2D eigenvalue weighted by Crippen LogP contribution is -1.92. The van der Waals surface area contributed by atoms with Gasteiger partial charge in [0.1, 0.15) is 22.2 Å². The maximum absolute atomic E-state index is 6.72. The molecule has 0 aliphatic heterocycles. The fourth-order valence-corrected chi connectivity index (χ4v) is 7.73. The molecular weight excluding hydrogens is 573 g/mol. The summed E-state index contributed by atoms with van der Waals surface area (Å²) in [5, 5.41) is 3.24. The van der Waals surface area contributed by atoms with Crippen LogP contribution in [0, 0.1) is 0 Å². The molecule has 5 aromatic heterocycles. The first-order chi connectivity index (χ1) is 22.3. The molecule has 210 valence electrons. The summed E-state index contributed by atoms with van der Waals surface area (Å²) < 4.78 is 10.2. The quantitative estimate of drug-likeness (QED) is 0.204. The van der Waals surface area contributed by atoms with Crippen molar-refractivity contribution in [3.63, 3.8) is 0 Å². The van der Waals surface area contributed by atoms with E-state index in [4.69, 9.17) is 14.4 Å². The Bertz CT molecular complexity index is 2770. The monoisotopic (exact) mass is 594 g/mol. The Labute approximate surface area is 260 Å². The minimum absolute atomic E-state index is 0.869. The minimum atomic E-state index is 0.869. The standard InChI is InChI=1S/C39H22N4OS/c1-2-17-31-30(12-1)35-36(43-32-18-3-4-19-33(32)45-39(43)42-35)34(41-31)24-10-5-9-23(21-24)26-13-6-15-28-29-16-7-14-27(38(29)44-37(26)28)25-11-8-20-40-22-25/h1-22H. The average molecular weight is 595 g/mol. The molecule has 0 saturated heterocycles. The number of fused-ring (bicyclic) bond motifs is 10. The fraction of sp³-hybridized carbons (Fsp3) is 0. The van der Waals surface area contributed by atoms with Crippen LogP contribution in [0.4, 0.5) is 0 Å². The zero-order valence-corrected chi connectivity index (χ0v) is 24.6. The van der Waals surface area contributed by atoms with Crippen LogP contribution < -0.4 is 0 Å². The molecule has 0 N–H and O–H groups in total. The van der Waals surface area contributed by atoms with Gasteiger partial charge in [-0.05, 0) is 35.9 Å². The molecule has 5 heterocycles. The smallest absolute Gasteiger partial charge is 0.195 e. The Morgan fingerprint density at radius 1 is 0.600 bits per heavy atom. The molecule has 5 nitrogen and oxygen atoms in total. The van der Waals surface area contributed by atoms with Gasteiger partial charge in [0.15, 0.2) is 4.96 Å².